The molecule has 1 aromatic heterocycles. The van der Waals surface area contributed by atoms with Crippen LogP contribution in [0.5, 0.6) is 0 Å². The molecule has 0 amide bonds. The summed E-state index contributed by atoms with van der Waals surface area (Å²) in [6, 6.07) is 6.77. The first-order chi connectivity index (χ1) is 8.86. The summed E-state index contributed by atoms with van der Waals surface area (Å²) < 4.78 is 0. The van der Waals surface area contributed by atoms with E-state index in [4.69, 9.17) is 0 Å². The van der Waals surface area contributed by atoms with Crippen LogP contribution < -0.4 is 5.32 Å². The van der Waals surface area contributed by atoms with Crippen molar-refractivity contribution in [3.8, 4) is 0 Å². The van der Waals surface area contributed by atoms with Gasteiger partial charge in [-0.15, -0.1) is 0 Å². The molecule has 0 aliphatic heterocycles. The summed E-state index contributed by atoms with van der Waals surface area (Å²) in [6.45, 7) is 5.50. The van der Waals surface area contributed by atoms with Gasteiger partial charge in [0.05, 0.1) is 0 Å². The van der Waals surface area contributed by atoms with E-state index in [1.165, 1.54) is 44.2 Å². The van der Waals surface area contributed by atoms with Crippen molar-refractivity contribution in [1.82, 2.24) is 10.3 Å². The van der Waals surface area contributed by atoms with E-state index in [0.29, 0.717) is 6.04 Å². The average molecular weight is 248 g/mol. The summed E-state index contributed by atoms with van der Waals surface area (Å²) in [5, 5.41) is 3.58. The maximum Gasteiger partial charge on any atom is 0.0419 e. The molecule has 1 unspecified atom stereocenters. The molecule has 0 aliphatic rings. The third-order valence-corrected chi connectivity index (χ3v) is 3.33. The molecule has 102 valence electrons. The molecule has 0 aromatic carbocycles. The van der Waals surface area contributed by atoms with E-state index in [2.05, 4.69) is 36.3 Å². The highest BCUT2D eigenvalue weighted by molar-refractivity contribution is 5.05. The van der Waals surface area contributed by atoms with E-state index in [-0.39, 0.29) is 0 Å². The van der Waals surface area contributed by atoms with Gasteiger partial charge in [-0.05, 0) is 25.1 Å². The Balaban J connectivity index is 2.26. The second-order valence-corrected chi connectivity index (χ2v) is 4.98. The first-order valence-electron chi connectivity index (χ1n) is 7.50. The highest BCUT2D eigenvalue weighted by Crippen LogP contribution is 2.10. The van der Waals surface area contributed by atoms with Crippen LogP contribution in [0.15, 0.2) is 24.4 Å². The van der Waals surface area contributed by atoms with Gasteiger partial charge in [-0.2, -0.15) is 0 Å². The van der Waals surface area contributed by atoms with Crippen LogP contribution >= 0.6 is 0 Å². The van der Waals surface area contributed by atoms with Gasteiger partial charge in [0.25, 0.3) is 0 Å². The van der Waals surface area contributed by atoms with Crippen molar-refractivity contribution in [3.63, 3.8) is 0 Å². The van der Waals surface area contributed by atoms with Gasteiger partial charge >= 0.3 is 0 Å². The lowest BCUT2D eigenvalue weighted by Crippen LogP contribution is -2.31. The summed E-state index contributed by atoms with van der Waals surface area (Å²) in [5.41, 5.74) is 1.21. The number of likely N-dealkylation sites (N-methyl/N-ethyl adjacent to an activating group) is 1. The maximum atomic E-state index is 4.42. The Morgan fingerprint density at radius 1 is 1.11 bits per heavy atom. The number of rotatable bonds is 10. The highest BCUT2D eigenvalue weighted by Gasteiger charge is 2.08. The number of pyridine rings is 1. The Kier molecular flexibility index (Phi) is 8.49. The standard InChI is InChI=1S/C16H28N2/c1-3-5-6-7-8-11-15(17-4-2)14-16-12-9-10-13-18-16/h9-10,12-13,15,17H,3-8,11,14H2,1-2H3. The number of aromatic nitrogens is 1. The van der Waals surface area contributed by atoms with Gasteiger partial charge in [0.1, 0.15) is 0 Å². The van der Waals surface area contributed by atoms with Crippen LogP contribution in [0.1, 0.15) is 58.1 Å². The van der Waals surface area contributed by atoms with Crippen LogP contribution in [0.3, 0.4) is 0 Å². The number of nitrogens with zero attached hydrogens (tertiary/aromatic N) is 1. The second-order valence-electron chi connectivity index (χ2n) is 4.98. The van der Waals surface area contributed by atoms with Gasteiger partial charge in [-0.25, -0.2) is 0 Å². The van der Waals surface area contributed by atoms with E-state index < -0.39 is 0 Å². The fraction of sp³-hybridized carbons (Fsp3) is 0.688. The van der Waals surface area contributed by atoms with Crippen molar-refractivity contribution < 1.29 is 0 Å². The predicted molar refractivity (Wildman–Crippen MR) is 78.8 cm³/mol. The summed E-state index contributed by atoms with van der Waals surface area (Å²) in [7, 11) is 0. The minimum Gasteiger partial charge on any atom is -0.314 e. The lowest BCUT2D eigenvalue weighted by atomic mass is 10.0. The van der Waals surface area contributed by atoms with E-state index in [0.717, 1.165) is 13.0 Å². The summed E-state index contributed by atoms with van der Waals surface area (Å²) >= 11 is 0. The number of hydrogen-bond donors (Lipinski definition) is 1. The zero-order valence-corrected chi connectivity index (χ0v) is 12.0. The molecule has 2 nitrogen and oxygen atoms in total. The van der Waals surface area contributed by atoms with Crippen LogP contribution in [-0.4, -0.2) is 17.6 Å². The molecule has 1 N–H and O–H groups in total. The van der Waals surface area contributed by atoms with E-state index >= 15 is 0 Å². The Labute approximate surface area is 112 Å². The molecule has 0 saturated carbocycles. The van der Waals surface area contributed by atoms with E-state index in [9.17, 15) is 0 Å². The smallest absolute Gasteiger partial charge is 0.0419 e. The van der Waals surface area contributed by atoms with Gasteiger partial charge in [0.15, 0.2) is 0 Å². The van der Waals surface area contributed by atoms with Crippen LogP contribution in [0.2, 0.25) is 0 Å². The quantitative estimate of drug-likeness (QED) is 0.634. The molecule has 1 heterocycles. The first kappa shape index (κ1) is 15.2. The molecule has 1 atom stereocenters. The van der Waals surface area contributed by atoms with E-state index in [1.54, 1.807) is 0 Å². The van der Waals surface area contributed by atoms with E-state index in [1.807, 2.05) is 12.3 Å². The molecule has 0 spiro atoms. The molecule has 0 radical (unpaired) electrons. The molecule has 1 aromatic rings. The normalized spacial score (nSPS) is 12.6. The van der Waals surface area contributed by atoms with Crippen molar-refractivity contribution in [2.24, 2.45) is 0 Å². The summed E-state index contributed by atoms with van der Waals surface area (Å²) in [5.74, 6) is 0. The third-order valence-electron chi connectivity index (χ3n) is 3.33. The van der Waals surface area contributed by atoms with Crippen LogP contribution in [0.25, 0.3) is 0 Å². The topological polar surface area (TPSA) is 24.9 Å². The second kappa shape index (κ2) is 10.1. The summed E-state index contributed by atoms with van der Waals surface area (Å²) in [4.78, 5) is 4.42. The van der Waals surface area contributed by atoms with Gasteiger partial charge in [0.2, 0.25) is 0 Å². The van der Waals surface area contributed by atoms with Gasteiger partial charge < -0.3 is 5.32 Å². The van der Waals surface area contributed by atoms with Crippen molar-refractivity contribution in [2.45, 2.75) is 64.8 Å². The van der Waals surface area contributed by atoms with Crippen LogP contribution in [0, 0.1) is 0 Å². The highest BCUT2D eigenvalue weighted by atomic mass is 14.9. The molecule has 0 saturated heterocycles. The minimum atomic E-state index is 0.589. The fourth-order valence-electron chi connectivity index (χ4n) is 2.33. The largest absolute Gasteiger partial charge is 0.314 e. The number of hydrogen-bond acceptors (Lipinski definition) is 2. The molecule has 0 fully saturated rings. The summed E-state index contributed by atoms with van der Waals surface area (Å²) in [6.07, 6.45) is 11.0. The van der Waals surface area contributed by atoms with Crippen LogP contribution in [0.4, 0.5) is 0 Å². The van der Waals surface area contributed by atoms with Crippen molar-refractivity contribution >= 4 is 0 Å². The zero-order valence-electron chi connectivity index (χ0n) is 12.0. The maximum absolute atomic E-state index is 4.42. The predicted octanol–water partition coefficient (Wildman–Crippen LogP) is 3.96. The van der Waals surface area contributed by atoms with Crippen LogP contribution in [-0.2, 0) is 6.42 Å². The van der Waals surface area contributed by atoms with Gasteiger partial charge in [-0.3, -0.25) is 4.98 Å². The Bertz CT molecular complexity index is 284. The van der Waals surface area contributed by atoms with Crippen molar-refractivity contribution in [2.75, 3.05) is 6.54 Å². The van der Waals surface area contributed by atoms with Crippen molar-refractivity contribution in [1.29, 1.82) is 0 Å². The lowest BCUT2D eigenvalue weighted by Gasteiger charge is -2.17. The van der Waals surface area contributed by atoms with Gasteiger partial charge in [0, 0.05) is 24.4 Å². The molecular formula is C16H28N2. The molecular weight excluding hydrogens is 220 g/mol. The number of nitrogens with one attached hydrogen (secondary N) is 1. The molecule has 0 aliphatic carbocycles. The molecule has 0 bridgehead atoms. The first-order valence-corrected chi connectivity index (χ1v) is 7.50. The van der Waals surface area contributed by atoms with Crippen molar-refractivity contribution in [3.05, 3.63) is 30.1 Å². The van der Waals surface area contributed by atoms with Gasteiger partial charge in [-0.1, -0.05) is 52.0 Å². The monoisotopic (exact) mass is 248 g/mol. The molecule has 1 rings (SSSR count). The lowest BCUT2D eigenvalue weighted by molar-refractivity contribution is 0.458. The SMILES string of the molecule is CCCCCCCC(Cc1ccccn1)NCC. The minimum absolute atomic E-state index is 0.589. The Morgan fingerprint density at radius 3 is 2.61 bits per heavy atom. The number of unbranched alkanes of at least 4 members (excludes halogenated alkanes) is 4. The Hall–Kier alpha value is -0.890. The zero-order chi connectivity index (χ0) is 13.1. The molecule has 2 heteroatoms. The third kappa shape index (κ3) is 6.75. The molecule has 18 heavy (non-hydrogen) atoms. The average Bonchev–Trinajstić information content (AvgIpc) is 2.40. The Morgan fingerprint density at radius 2 is 1.94 bits per heavy atom. The fourth-order valence-corrected chi connectivity index (χ4v) is 2.33.